The number of anilines is 1. The van der Waals surface area contributed by atoms with E-state index in [2.05, 4.69) is 25.7 Å². The Balaban J connectivity index is 1.39. The lowest BCUT2D eigenvalue weighted by Gasteiger charge is -2.09. The van der Waals surface area contributed by atoms with Crippen molar-refractivity contribution in [2.45, 2.75) is 40.7 Å². The summed E-state index contributed by atoms with van der Waals surface area (Å²) in [6.07, 6.45) is 0.170. The first-order valence-electron chi connectivity index (χ1n) is 11.5. The van der Waals surface area contributed by atoms with Crippen LogP contribution in [0.1, 0.15) is 44.3 Å². The highest BCUT2D eigenvalue weighted by atomic mass is 19.1. The Kier molecular flexibility index (Phi) is 7.19. The van der Waals surface area contributed by atoms with Gasteiger partial charge in [-0.05, 0) is 75.7 Å². The monoisotopic (exact) mass is 486 g/mol. The van der Waals surface area contributed by atoms with Crippen LogP contribution >= 0.6 is 0 Å². The van der Waals surface area contributed by atoms with Crippen LogP contribution in [0.25, 0.3) is 5.95 Å². The van der Waals surface area contributed by atoms with Crippen molar-refractivity contribution in [3.05, 3.63) is 99.9 Å². The smallest absolute Gasteiger partial charge is 0.255 e. The molecule has 0 atom stereocenters. The van der Waals surface area contributed by atoms with E-state index in [1.807, 2.05) is 39.8 Å². The molecule has 2 aromatic carbocycles. The molecule has 0 bridgehead atoms. The van der Waals surface area contributed by atoms with Crippen LogP contribution in [0.4, 0.5) is 10.1 Å². The highest BCUT2D eigenvalue weighted by molar-refractivity contribution is 6.04. The number of hydrogen-bond acceptors (Lipinski definition) is 5. The maximum Gasteiger partial charge on any atom is 0.255 e. The molecule has 2 N–H and O–H groups in total. The van der Waals surface area contributed by atoms with Gasteiger partial charge in [-0.2, -0.15) is 5.10 Å². The van der Waals surface area contributed by atoms with Crippen LogP contribution in [0.3, 0.4) is 0 Å². The van der Waals surface area contributed by atoms with Gasteiger partial charge in [-0.3, -0.25) is 9.59 Å². The molecule has 36 heavy (non-hydrogen) atoms. The highest BCUT2D eigenvalue weighted by Gasteiger charge is 2.17. The molecule has 0 aliphatic heterocycles. The van der Waals surface area contributed by atoms with E-state index in [-0.39, 0.29) is 18.2 Å². The zero-order valence-electron chi connectivity index (χ0n) is 20.6. The van der Waals surface area contributed by atoms with Gasteiger partial charge in [-0.15, -0.1) is 0 Å². The molecule has 4 rings (SSSR count). The molecule has 0 aliphatic rings. The van der Waals surface area contributed by atoms with E-state index in [0.29, 0.717) is 23.7 Å². The van der Waals surface area contributed by atoms with Gasteiger partial charge in [0.05, 0.1) is 12.1 Å². The third-order valence-electron chi connectivity index (χ3n) is 5.72. The summed E-state index contributed by atoms with van der Waals surface area (Å²) in [7, 11) is 0. The van der Waals surface area contributed by atoms with E-state index in [9.17, 15) is 14.0 Å². The first-order chi connectivity index (χ1) is 17.2. The number of aromatic nitrogens is 4. The van der Waals surface area contributed by atoms with Gasteiger partial charge in [0.25, 0.3) is 11.9 Å². The molecule has 2 aromatic heterocycles. The van der Waals surface area contributed by atoms with Crippen molar-refractivity contribution in [3.8, 4) is 5.95 Å². The van der Waals surface area contributed by atoms with Gasteiger partial charge in [0.1, 0.15) is 5.82 Å². The third-order valence-corrected chi connectivity index (χ3v) is 5.72. The van der Waals surface area contributed by atoms with Crippen LogP contribution < -0.4 is 10.6 Å². The number of aryl methyl sites for hydroxylation is 3. The average molecular weight is 487 g/mol. The maximum absolute atomic E-state index is 13.1. The summed E-state index contributed by atoms with van der Waals surface area (Å²) in [6, 6.07) is 14.4. The highest BCUT2D eigenvalue weighted by Crippen LogP contribution is 2.18. The van der Waals surface area contributed by atoms with Gasteiger partial charge < -0.3 is 10.6 Å². The third kappa shape index (κ3) is 5.80. The van der Waals surface area contributed by atoms with Gasteiger partial charge in [-0.1, -0.05) is 12.1 Å². The minimum atomic E-state index is -0.402. The zero-order valence-corrected chi connectivity index (χ0v) is 20.6. The molecule has 0 unspecified atom stereocenters. The van der Waals surface area contributed by atoms with E-state index in [4.69, 9.17) is 0 Å². The van der Waals surface area contributed by atoms with Crippen LogP contribution in [0.2, 0.25) is 0 Å². The summed E-state index contributed by atoms with van der Waals surface area (Å²) < 4.78 is 14.8. The number of benzene rings is 2. The molecule has 0 radical (unpaired) electrons. The summed E-state index contributed by atoms with van der Waals surface area (Å²) in [4.78, 5) is 34.1. The van der Waals surface area contributed by atoms with Crippen LogP contribution in [0.15, 0.2) is 54.6 Å². The molecular weight excluding hydrogens is 459 g/mol. The first-order valence-corrected chi connectivity index (χ1v) is 11.5. The second kappa shape index (κ2) is 10.5. The van der Waals surface area contributed by atoms with Crippen molar-refractivity contribution >= 4 is 17.5 Å². The van der Waals surface area contributed by atoms with E-state index < -0.39 is 5.82 Å². The number of amides is 2. The summed E-state index contributed by atoms with van der Waals surface area (Å²) in [5, 5.41) is 10.3. The molecule has 9 heteroatoms. The topological polar surface area (TPSA) is 102 Å². The number of carbonyl (C=O) groups is 2. The Morgan fingerprint density at radius 3 is 2.33 bits per heavy atom. The van der Waals surface area contributed by atoms with Crippen LogP contribution in [-0.2, 0) is 17.8 Å². The fourth-order valence-corrected chi connectivity index (χ4v) is 3.91. The Morgan fingerprint density at radius 1 is 0.944 bits per heavy atom. The summed E-state index contributed by atoms with van der Waals surface area (Å²) in [6.45, 7) is 7.87. The predicted octanol–water partition coefficient (Wildman–Crippen LogP) is 4.15. The number of hydrogen-bond donors (Lipinski definition) is 2. The molecular formula is C27H27FN6O2. The summed E-state index contributed by atoms with van der Waals surface area (Å²) in [5.74, 6) is -0.408. The lowest BCUT2D eigenvalue weighted by atomic mass is 10.1. The van der Waals surface area contributed by atoms with Crippen molar-refractivity contribution in [2.24, 2.45) is 0 Å². The standard InChI is InChI=1S/C27H27FN6O2/c1-16-12-17(2)31-27(30-16)34-19(4)24(18(3)33-34)14-25(35)29-15-20-6-5-7-23(13-20)32-26(36)21-8-10-22(28)11-9-21/h5-13H,14-15H2,1-4H3,(H,29,35)(H,32,36). The quantitative estimate of drug-likeness (QED) is 0.409. The van der Waals surface area contributed by atoms with Crippen molar-refractivity contribution in [2.75, 3.05) is 5.32 Å². The number of halogens is 1. The van der Waals surface area contributed by atoms with Gasteiger partial charge in [0.2, 0.25) is 5.91 Å². The van der Waals surface area contributed by atoms with Crippen LogP contribution in [0.5, 0.6) is 0 Å². The molecule has 2 heterocycles. The molecule has 4 aromatic rings. The van der Waals surface area contributed by atoms with E-state index >= 15 is 0 Å². The lowest BCUT2D eigenvalue weighted by Crippen LogP contribution is -2.25. The zero-order chi connectivity index (χ0) is 25.8. The molecule has 2 amide bonds. The van der Waals surface area contributed by atoms with Gasteiger partial charge in [0.15, 0.2) is 0 Å². The summed E-state index contributed by atoms with van der Waals surface area (Å²) >= 11 is 0. The first kappa shape index (κ1) is 24.7. The normalized spacial score (nSPS) is 10.8. The lowest BCUT2D eigenvalue weighted by molar-refractivity contribution is -0.120. The SMILES string of the molecule is Cc1cc(C)nc(-n2nc(C)c(CC(=O)NCc3cccc(NC(=O)c4ccc(F)cc4)c3)c2C)n1. The number of carbonyl (C=O) groups excluding carboxylic acids is 2. The van der Waals surface area contributed by atoms with E-state index in [0.717, 1.165) is 33.9 Å². The van der Waals surface area contributed by atoms with Gasteiger partial charge >= 0.3 is 0 Å². The largest absolute Gasteiger partial charge is 0.352 e. The second-order valence-electron chi connectivity index (χ2n) is 8.63. The van der Waals surface area contributed by atoms with Crippen molar-refractivity contribution < 1.29 is 14.0 Å². The molecule has 184 valence electrons. The molecule has 0 spiro atoms. The fourth-order valence-electron chi connectivity index (χ4n) is 3.91. The van der Waals surface area contributed by atoms with Crippen molar-refractivity contribution in [1.29, 1.82) is 0 Å². The fraction of sp³-hybridized carbons (Fsp3) is 0.222. The van der Waals surface area contributed by atoms with Gasteiger partial charge in [0, 0.05) is 40.4 Å². The molecule has 0 fully saturated rings. The number of nitrogens with one attached hydrogen (secondary N) is 2. The van der Waals surface area contributed by atoms with Crippen molar-refractivity contribution in [1.82, 2.24) is 25.1 Å². The molecule has 0 aliphatic carbocycles. The maximum atomic E-state index is 13.1. The molecule has 8 nitrogen and oxygen atoms in total. The van der Waals surface area contributed by atoms with E-state index in [1.165, 1.54) is 24.3 Å². The average Bonchev–Trinajstić information content (AvgIpc) is 3.11. The molecule has 0 saturated carbocycles. The van der Waals surface area contributed by atoms with Crippen LogP contribution in [-0.4, -0.2) is 31.6 Å². The Bertz CT molecular complexity index is 1410. The Hall–Kier alpha value is -4.40. The van der Waals surface area contributed by atoms with Gasteiger partial charge in [-0.25, -0.2) is 19.0 Å². The number of nitrogens with zero attached hydrogens (tertiary/aromatic N) is 4. The molecule has 0 saturated heterocycles. The Labute approximate surface area is 208 Å². The van der Waals surface area contributed by atoms with E-state index in [1.54, 1.807) is 22.9 Å². The summed E-state index contributed by atoms with van der Waals surface area (Å²) in [5.41, 5.74) is 5.85. The minimum absolute atomic E-state index is 0.150. The predicted molar refractivity (Wildman–Crippen MR) is 134 cm³/mol. The second-order valence-corrected chi connectivity index (χ2v) is 8.63. The minimum Gasteiger partial charge on any atom is -0.352 e. The Morgan fingerprint density at radius 2 is 1.64 bits per heavy atom. The van der Waals surface area contributed by atoms with Crippen LogP contribution in [0, 0.1) is 33.5 Å². The van der Waals surface area contributed by atoms with Crippen molar-refractivity contribution in [3.63, 3.8) is 0 Å². The number of rotatable bonds is 7.